The summed E-state index contributed by atoms with van der Waals surface area (Å²) in [4.78, 5) is 171. The number of nitrogens with zero attached hydrogens (tertiary/aromatic N) is 3. The minimum atomic E-state index is -1.15. The fourth-order valence-electron chi connectivity index (χ4n) is 21.6. The van der Waals surface area contributed by atoms with Crippen LogP contribution in [0.5, 0.6) is 0 Å². The summed E-state index contributed by atoms with van der Waals surface area (Å²) in [5.74, 6) is -9.84. The molecule has 4 saturated heterocycles. The number of carboxylic acids is 2. The highest BCUT2D eigenvalue weighted by molar-refractivity contribution is 6.09. The van der Waals surface area contributed by atoms with Crippen molar-refractivity contribution in [2.24, 2.45) is 86.6 Å². The second-order valence-electron chi connectivity index (χ2n) is 39.9. The van der Waals surface area contributed by atoms with E-state index in [-0.39, 0.29) is 99.3 Å². The van der Waals surface area contributed by atoms with Crippen molar-refractivity contribution in [2.75, 3.05) is 40.1 Å². The molecule has 0 radical (unpaired) electrons. The van der Waals surface area contributed by atoms with E-state index in [1.54, 1.807) is 11.1 Å². The van der Waals surface area contributed by atoms with E-state index in [0.29, 0.717) is 63.2 Å². The van der Waals surface area contributed by atoms with Crippen molar-refractivity contribution in [3.05, 3.63) is 152 Å². The monoisotopic (exact) mass is 1800 g/mol. The van der Waals surface area contributed by atoms with Crippen LogP contribution < -0.4 is 5.73 Å². The number of allylic oxidation sites excluding steroid dienone is 22. The number of aliphatic hydroxyl groups excluding tert-OH is 1. The molecule has 25 nitrogen and oxygen atoms in total. The normalized spacial score (nSPS) is 27.0. The average Bonchev–Trinajstić information content (AvgIpc) is 1.46. The number of hydrogen-bond acceptors (Lipinski definition) is 20. The number of imide groups is 3. The highest BCUT2D eigenvalue weighted by atomic mass is 16.7. The molecule has 130 heavy (non-hydrogen) atoms. The number of fused-ring (bicyclic) bond motifs is 8. The van der Waals surface area contributed by atoms with Crippen molar-refractivity contribution in [3.8, 4) is 0 Å². The molecule has 13 rings (SSSR count). The number of cyclic esters (lactones) is 4. The van der Waals surface area contributed by atoms with Gasteiger partial charge < -0.3 is 40.0 Å². The Labute approximate surface area is 770 Å². The van der Waals surface area contributed by atoms with Gasteiger partial charge in [-0.15, -0.1) is 0 Å². The van der Waals surface area contributed by atoms with E-state index in [1.165, 1.54) is 75.0 Å². The minimum Gasteiger partial charge on any atom is -0.480 e. The number of likely N-dealkylation sites (tertiary alicyclic amines) is 3. The van der Waals surface area contributed by atoms with E-state index < -0.39 is 85.9 Å². The number of aliphatic hydroxyl groups is 1. The number of carbonyl (C=O) groups excluding carboxylic acids is 12. The summed E-state index contributed by atoms with van der Waals surface area (Å²) in [5.41, 5.74) is 22.8. The van der Waals surface area contributed by atoms with E-state index in [9.17, 15) is 67.1 Å². The first-order chi connectivity index (χ1) is 61.3. The summed E-state index contributed by atoms with van der Waals surface area (Å²) >= 11 is 0. The van der Waals surface area contributed by atoms with E-state index in [2.05, 4.69) is 176 Å². The Morgan fingerprint density at radius 2 is 0.823 bits per heavy atom. The molecule has 714 valence electrons. The summed E-state index contributed by atoms with van der Waals surface area (Å²) in [6.07, 6.45) is 50.4. The summed E-state index contributed by atoms with van der Waals surface area (Å²) in [6, 6.07) is 0. The highest BCUT2D eigenvalue weighted by Crippen LogP contribution is 2.64. The molecule has 12 unspecified atom stereocenters. The van der Waals surface area contributed by atoms with Crippen LogP contribution in [0.4, 0.5) is 0 Å². The zero-order valence-electron chi connectivity index (χ0n) is 80.4. The van der Waals surface area contributed by atoms with Crippen LogP contribution in [-0.2, 0) is 86.1 Å². The molecule has 0 bridgehead atoms. The fourth-order valence-corrected chi connectivity index (χ4v) is 21.6. The molecule has 8 aliphatic carbocycles. The van der Waals surface area contributed by atoms with Gasteiger partial charge in [0, 0.05) is 19.3 Å². The molecule has 6 fully saturated rings. The van der Waals surface area contributed by atoms with Gasteiger partial charge in [0.25, 0.3) is 0 Å². The molecule has 0 spiro atoms. The van der Waals surface area contributed by atoms with Gasteiger partial charge >= 0.3 is 47.8 Å². The smallest absolute Gasteiger partial charge is 0.338 e. The van der Waals surface area contributed by atoms with E-state index in [4.69, 9.17) is 29.5 Å². The van der Waals surface area contributed by atoms with Crippen LogP contribution in [0.3, 0.4) is 0 Å². The number of carbonyl (C=O) groups is 14. The Bertz CT molecular complexity index is 4490. The Hall–Kier alpha value is -9.88. The number of aliphatic carboxylic acids is 2. The Balaban J connectivity index is 0.000000250. The number of carboxylic acid groups (broad SMARTS) is 2. The average molecular weight is 1800 g/mol. The maximum absolute atomic E-state index is 13.7. The zero-order chi connectivity index (χ0) is 96.4. The third-order valence-electron chi connectivity index (χ3n) is 28.9. The Morgan fingerprint density at radius 3 is 1.21 bits per heavy atom. The van der Waals surface area contributed by atoms with Gasteiger partial charge in [0.05, 0.1) is 53.9 Å². The summed E-state index contributed by atoms with van der Waals surface area (Å²) in [7, 11) is 1.00. The second kappa shape index (κ2) is 49.0. The molecule has 0 aromatic rings. The first kappa shape index (κ1) is 107. The molecule has 12 atom stereocenters. The maximum Gasteiger partial charge on any atom is 0.338 e. The Morgan fingerprint density at radius 1 is 0.462 bits per heavy atom. The topological polar surface area (TPSA) is 372 Å². The number of amides is 6. The van der Waals surface area contributed by atoms with Crippen molar-refractivity contribution < 1.29 is 101 Å². The van der Waals surface area contributed by atoms with Crippen molar-refractivity contribution in [1.29, 1.82) is 0 Å². The lowest BCUT2D eigenvalue weighted by Crippen LogP contribution is -2.46. The Kier molecular flexibility index (Phi) is 40.4. The number of esters is 6. The first-order valence-corrected chi connectivity index (χ1v) is 47.0. The summed E-state index contributed by atoms with van der Waals surface area (Å²) in [5, 5.41) is 23.5. The number of hydrogen-bond donors (Lipinski definition) is 4. The van der Waals surface area contributed by atoms with Crippen LogP contribution in [-0.4, -0.2) is 153 Å². The molecule has 13 aliphatic rings. The van der Waals surface area contributed by atoms with Gasteiger partial charge in [-0.1, -0.05) is 182 Å². The molecule has 2 saturated carbocycles. The van der Waals surface area contributed by atoms with Crippen LogP contribution in [0.25, 0.3) is 0 Å². The lowest BCUT2D eigenvalue weighted by atomic mass is 9.50. The van der Waals surface area contributed by atoms with Crippen LogP contribution in [0.2, 0.25) is 0 Å². The standard InChI is InChI=1S/C43H58N2O8.C21H29NO4.C19H26O3.C15H24.C4H2O3.C2H5NO2.CH4O/c1-40(2)15-7-9-32-30(40)13-11-24-17-26-28(19-42(24,32)5)38(50)44(36(26)48)21-34(46)52-23-53-35(47)22-45-37(49)27-18-25-12-14-31-33(10-8-16-41(31,3)4)43(25,6)20-29(27)39(45)51;1-14(2)6-4-7-15(3)8-5-9-16-10-11-17-18(12-16)21(26)22(20(17)25)13-19(23)24;1-13(2)6-4-7-14(3)8-5-9-15-10-11-16-17(12-15)19(21)22-18(16)20;1-6-14(4)10-8-12-15(5)11-7-9-13(2)3;5-3-1-2-4(6)7-3;3-1-2(4)5;1-2/h24-29H,7-23H2,1-6H3;6,8,10,17-18H,4-5,7,9,11-13H2,1-3H3,(H,23,24);6,8,10,16-17H,4-5,7,9,11-12H2,1-3H3;6,9,12H,1,4,7-8,10-11H2,2-3,5H3;1-2H;1,3H2,(H,4,5);2H,1H3/b;15-8+;14-8+;15-12+;;;. The van der Waals surface area contributed by atoms with Crippen LogP contribution in [0.1, 0.15) is 296 Å². The SMILES string of the molecule is C=CC(=C)CC/C=C(\C)CCC=C(C)C.CC(C)=CCC/C(C)=C/CCC1=CCC2C(=O)N(CC(=O)O)C(=O)C2C1.CC(C)=CCC/C(C)=C/CCC1=CCC2C(=O)OC(=O)C2C1.CC1(C)CCCC2=C1CCC1CC3C(=O)N(CC(=O)OCOC(=O)CN4C(=O)C5CC6CCC7=C(CCCC7(C)C)C6(C)CC5C4=O)C(=O)C3CC21C.CO.NCC(=O)O.O=C1C=CC(=O)O1. The molecule has 5 heterocycles. The number of nitrogens with two attached hydrogens (primary N) is 1. The first-order valence-electron chi connectivity index (χ1n) is 47.0. The van der Waals surface area contributed by atoms with Gasteiger partial charge in [0.2, 0.25) is 42.2 Å². The molecule has 5 N–H and O–H groups in total. The molecule has 5 aliphatic heterocycles. The highest BCUT2D eigenvalue weighted by Gasteiger charge is 2.61. The molecule has 25 heteroatoms. The second-order valence-corrected chi connectivity index (χ2v) is 39.9. The third kappa shape index (κ3) is 28.8. The molecular formula is C105H148N4O21. The van der Waals surface area contributed by atoms with Crippen LogP contribution >= 0.6 is 0 Å². The van der Waals surface area contributed by atoms with Crippen molar-refractivity contribution in [3.63, 3.8) is 0 Å². The molecule has 0 aromatic heterocycles. The van der Waals surface area contributed by atoms with E-state index in [0.717, 1.165) is 162 Å². The number of ether oxygens (including phenoxy) is 4. The predicted octanol–water partition coefficient (Wildman–Crippen LogP) is 18.5. The molecular weight excluding hydrogens is 1650 g/mol. The molecule has 6 amide bonds. The third-order valence-corrected chi connectivity index (χ3v) is 28.9. The van der Waals surface area contributed by atoms with Crippen LogP contribution in [0.15, 0.2) is 152 Å². The summed E-state index contributed by atoms with van der Waals surface area (Å²) in [6.45, 7) is 38.2. The van der Waals surface area contributed by atoms with Crippen molar-refractivity contribution in [2.45, 2.75) is 296 Å². The molecule has 0 aromatic carbocycles. The maximum atomic E-state index is 13.7. The predicted molar refractivity (Wildman–Crippen MR) is 497 cm³/mol. The largest absolute Gasteiger partial charge is 0.480 e. The fraction of sp³-hybridized carbons (Fsp3) is 0.619. The zero-order valence-corrected chi connectivity index (χ0v) is 80.4. The summed E-state index contributed by atoms with van der Waals surface area (Å²) < 4.78 is 19.0. The lowest BCUT2D eigenvalue weighted by molar-refractivity contribution is -0.172. The van der Waals surface area contributed by atoms with Gasteiger partial charge in [-0.3, -0.25) is 72.2 Å². The van der Waals surface area contributed by atoms with Crippen molar-refractivity contribution in [1.82, 2.24) is 14.7 Å². The van der Waals surface area contributed by atoms with E-state index in [1.807, 2.05) is 6.08 Å². The number of rotatable bonds is 28. The lowest BCUT2D eigenvalue weighted by Gasteiger charge is -2.54. The van der Waals surface area contributed by atoms with Gasteiger partial charge in [-0.2, -0.15) is 0 Å². The minimum absolute atomic E-state index is 0.118. The van der Waals surface area contributed by atoms with E-state index >= 15 is 0 Å². The van der Waals surface area contributed by atoms with Gasteiger partial charge in [0.15, 0.2) is 0 Å². The van der Waals surface area contributed by atoms with Gasteiger partial charge in [0.1, 0.15) is 19.6 Å². The van der Waals surface area contributed by atoms with Gasteiger partial charge in [-0.05, 0) is 288 Å². The van der Waals surface area contributed by atoms with Crippen LogP contribution in [0, 0.1) is 80.8 Å². The quantitative estimate of drug-likeness (QED) is 0.0107. The van der Waals surface area contributed by atoms with Gasteiger partial charge in [-0.25, -0.2) is 9.59 Å². The van der Waals surface area contributed by atoms with Crippen molar-refractivity contribution >= 4 is 83.2 Å².